The van der Waals surface area contributed by atoms with Crippen molar-refractivity contribution < 1.29 is 4.74 Å². The topological polar surface area (TPSA) is 9.23 Å². The van der Waals surface area contributed by atoms with Crippen LogP contribution in [0.3, 0.4) is 0 Å². The van der Waals surface area contributed by atoms with Crippen molar-refractivity contribution in [3.63, 3.8) is 0 Å². The summed E-state index contributed by atoms with van der Waals surface area (Å²) in [7, 11) is 0. The van der Waals surface area contributed by atoms with Crippen LogP contribution in [0.1, 0.15) is 46.0 Å². The van der Waals surface area contributed by atoms with Gasteiger partial charge >= 0.3 is 0 Å². The highest BCUT2D eigenvalue weighted by atomic mass is 16.5. The third-order valence-electron chi connectivity index (χ3n) is 3.80. The molecule has 0 bridgehead atoms. The van der Waals surface area contributed by atoms with Crippen LogP contribution in [-0.2, 0) is 4.74 Å². The summed E-state index contributed by atoms with van der Waals surface area (Å²) in [5.74, 6) is 1.93. The van der Waals surface area contributed by atoms with Gasteiger partial charge < -0.3 is 4.74 Å². The predicted molar refractivity (Wildman–Crippen MR) is 54.7 cm³/mol. The van der Waals surface area contributed by atoms with Crippen molar-refractivity contribution in [2.24, 2.45) is 17.3 Å². The largest absolute Gasteiger partial charge is 0.381 e. The molecule has 1 nitrogen and oxygen atoms in total. The smallest absolute Gasteiger partial charge is 0.0471 e. The zero-order valence-electron chi connectivity index (χ0n) is 9.01. The maximum absolute atomic E-state index is 5.42. The predicted octanol–water partition coefficient (Wildman–Crippen LogP) is 3.24. The summed E-state index contributed by atoms with van der Waals surface area (Å²) in [6.45, 7) is 6.73. The Morgan fingerprint density at radius 2 is 1.85 bits per heavy atom. The monoisotopic (exact) mass is 182 g/mol. The van der Waals surface area contributed by atoms with E-state index in [0.29, 0.717) is 0 Å². The van der Waals surface area contributed by atoms with E-state index in [-0.39, 0.29) is 0 Å². The minimum atomic E-state index is 0.734. The molecule has 0 aromatic carbocycles. The fraction of sp³-hybridized carbons (Fsp3) is 1.00. The Bertz CT molecular complexity index is 160. The van der Waals surface area contributed by atoms with Gasteiger partial charge in [-0.15, -0.1) is 0 Å². The fourth-order valence-electron chi connectivity index (χ4n) is 3.21. The van der Waals surface area contributed by atoms with E-state index in [2.05, 4.69) is 13.8 Å². The first kappa shape index (κ1) is 9.51. The standard InChI is InChI=1S/C12H22O/c1-10(2)7-11-8-12(9-11)3-5-13-6-4-12/h10-11H,3-9H2,1-2H3. The van der Waals surface area contributed by atoms with Crippen molar-refractivity contribution in [3.8, 4) is 0 Å². The Morgan fingerprint density at radius 3 is 2.38 bits per heavy atom. The van der Waals surface area contributed by atoms with Gasteiger partial charge in [0.1, 0.15) is 0 Å². The lowest BCUT2D eigenvalue weighted by atomic mass is 9.57. The normalized spacial score (nSPS) is 27.9. The second-order valence-corrected chi connectivity index (χ2v) is 5.52. The van der Waals surface area contributed by atoms with Gasteiger partial charge in [0.15, 0.2) is 0 Å². The summed E-state index contributed by atoms with van der Waals surface area (Å²) in [6, 6.07) is 0. The highest BCUT2D eigenvalue weighted by molar-refractivity contribution is 4.94. The Balaban J connectivity index is 1.75. The summed E-state index contributed by atoms with van der Waals surface area (Å²) in [4.78, 5) is 0. The lowest BCUT2D eigenvalue weighted by Crippen LogP contribution is -2.42. The zero-order valence-corrected chi connectivity index (χ0v) is 9.01. The molecular formula is C12H22O. The van der Waals surface area contributed by atoms with E-state index < -0.39 is 0 Å². The Morgan fingerprint density at radius 1 is 1.23 bits per heavy atom. The van der Waals surface area contributed by atoms with E-state index in [9.17, 15) is 0 Å². The van der Waals surface area contributed by atoms with Crippen LogP contribution in [0.15, 0.2) is 0 Å². The zero-order chi connectivity index (χ0) is 9.31. The van der Waals surface area contributed by atoms with Crippen molar-refractivity contribution in [1.29, 1.82) is 0 Å². The first-order valence-electron chi connectivity index (χ1n) is 5.78. The van der Waals surface area contributed by atoms with E-state index in [1.807, 2.05) is 0 Å². The van der Waals surface area contributed by atoms with E-state index in [1.165, 1.54) is 32.1 Å². The second-order valence-electron chi connectivity index (χ2n) is 5.52. The quantitative estimate of drug-likeness (QED) is 0.637. The van der Waals surface area contributed by atoms with Gasteiger partial charge in [-0.25, -0.2) is 0 Å². The van der Waals surface area contributed by atoms with Crippen molar-refractivity contribution in [1.82, 2.24) is 0 Å². The number of hydrogen-bond donors (Lipinski definition) is 0. The first-order chi connectivity index (χ1) is 6.20. The highest BCUT2D eigenvalue weighted by Crippen LogP contribution is 2.53. The maximum Gasteiger partial charge on any atom is 0.0471 e. The van der Waals surface area contributed by atoms with Crippen molar-refractivity contribution in [2.75, 3.05) is 13.2 Å². The van der Waals surface area contributed by atoms with Gasteiger partial charge in [-0.2, -0.15) is 0 Å². The molecule has 13 heavy (non-hydrogen) atoms. The summed E-state index contributed by atoms with van der Waals surface area (Å²) in [5.41, 5.74) is 0.734. The van der Waals surface area contributed by atoms with Crippen LogP contribution < -0.4 is 0 Å². The van der Waals surface area contributed by atoms with E-state index in [0.717, 1.165) is 30.5 Å². The molecule has 0 aromatic rings. The van der Waals surface area contributed by atoms with Crippen molar-refractivity contribution in [3.05, 3.63) is 0 Å². The molecule has 1 saturated heterocycles. The van der Waals surface area contributed by atoms with Gasteiger partial charge in [0.25, 0.3) is 0 Å². The fourth-order valence-corrected chi connectivity index (χ4v) is 3.21. The molecule has 0 radical (unpaired) electrons. The molecule has 0 amide bonds. The van der Waals surface area contributed by atoms with Crippen molar-refractivity contribution >= 4 is 0 Å². The summed E-state index contributed by atoms with van der Waals surface area (Å²) in [6.07, 6.45) is 7.11. The molecule has 0 aromatic heterocycles. The number of rotatable bonds is 2. The lowest BCUT2D eigenvalue weighted by molar-refractivity contribution is -0.0632. The van der Waals surface area contributed by atoms with Crippen LogP contribution in [0.5, 0.6) is 0 Å². The molecule has 2 aliphatic rings. The minimum Gasteiger partial charge on any atom is -0.381 e. The van der Waals surface area contributed by atoms with Gasteiger partial charge in [-0.3, -0.25) is 0 Å². The van der Waals surface area contributed by atoms with E-state index >= 15 is 0 Å². The molecular weight excluding hydrogens is 160 g/mol. The number of hydrogen-bond acceptors (Lipinski definition) is 1. The average Bonchev–Trinajstić information content (AvgIpc) is 2.02. The molecule has 0 unspecified atom stereocenters. The molecule has 1 heterocycles. The van der Waals surface area contributed by atoms with E-state index in [4.69, 9.17) is 4.74 Å². The Labute approximate surface area is 81.9 Å². The summed E-state index contributed by atoms with van der Waals surface area (Å²) in [5, 5.41) is 0. The molecule has 1 heteroatoms. The minimum absolute atomic E-state index is 0.734. The summed E-state index contributed by atoms with van der Waals surface area (Å²) < 4.78 is 5.42. The van der Waals surface area contributed by atoms with Crippen molar-refractivity contribution in [2.45, 2.75) is 46.0 Å². The van der Waals surface area contributed by atoms with Gasteiger partial charge in [0.2, 0.25) is 0 Å². The molecule has 0 atom stereocenters. The SMILES string of the molecule is CC(C)CC1CC2(CCOCC2)C1. The van der Waals surface area contributed by atoms with Crippen LogP contribution >= 0.6 is 0 Å². The lowest BCUT2D eigenvalue weighted by Gasteiger charge is -2.50. The van der Waals surface area contributed by atoms with Crippen LogP contribution in [0.25, 0.3) is 0 Å². The summed E-state index contributed by atoms with van der Waals surface area (Å²) >= 11 is 0. The van der Waals surface area contributed by atoms with Gasteiger partial charge in [0, 0.05) is 13.2 Å². The first-order valence-corrected chi connectivity index (χ1v) is 5.78. The van der Waals surface area contributed by atoms with Crippen LogP contribution in [-0.4, -0.2) is 13.2 Å². The molecule has 2 rings (SSSR count). The van der Waals surface area contributed by atoms with Crippen LogP contribution in [0.2, 0.25) is 0 Å². The Kier molecular flexibility index (Phi) is 2.64. The van der Waals surface area contributed by atoms with Gasteiger partial charge in [-0.05, 0) is 49.4 Å². The van der Waals surface area contributed by atoms with E-state index in [1.54, 1.807) is 0 Å². The number of ether oxygens (including phenoxy) is 1. The van der Waals surface area contributed by atoms with Crippen LogP contribution in [0, 0.1) is 17.3 Å². The molecule has 76 valence electrons. The third-order valence-corrected chi connectivity index (χ3v) is 3.80. The third kappa shape index (κ3) is 2.07. The highest BCUT2D eigenvalue weighted by Gasteiger charge is 2.44. The molecule has 1 saturated carbocycles. The van der Waals surface area contributed by atoms with Gasteiger partial charge in [-0.1, -0.05) is 13.8 Å². The Hall–Kier alpha value is -0.0400. The molecule has 1 aliphatic carbocycles. The average molecular weight is 182 g/mol. The molecule has 2 fully saturated rings. The molecule has 1 spiro atoms. The molecule has 0 N–H and O–H groups in total. The second kappa shape index (κ2) is 3.61. The van der Waals surface area contributed by atoms with Crippen LogP contribution in [0.4, 0.5) is 0 Å². The van der Waals surface area contributed by atoms with Gasteiger partial charge in [0.05, 0.1) is 0 Å². The maximum atomic E-state index is 5.42. The molecule has 1 aliphatic heterocycles.